The molecular weight excluding hydrogens is 809 g/mol. The van der Waals surface area contributed by atoms with Gasteiger partial charge < -0.3 is 9.80 Å². The molecule has 0 radical (unpaired) electrons. The summed E-state index contributed by atoms with van der Waals surface area (Å²) in [6.07, 6.45) is 1.84. The summed E-state index contributed by atoms with van der Waals surface area (Å²) in [5.74, 6) is 0. The van der Waals surface area contributed by atoms with E-state index in [1.165, 1.54) is 117 Å². The summed E-state index contributed by atoms with van der Waals surface area (Å²) in [6, 6.07) is 76.0. The fraction of sp³-hybridized carbons (Fsp3) is 0.138. The molecule has 2 aliphatic heterocycles. The van der Waals surface area contributed by atoms with E-state index in [9.17, 15) is 0 Å². The van der Waals surface area contributed by atoms with Crippen molar-refractivity contribution < 1.29 is 0 Å². The Morgan fingerprint density at radius 3 is 1.28 bits per heavy atom. The maximum Gasteiger partial charge on any atom is 0.0497 e. The minimum absolute atomic E-state index is 0.0334. The predicted octanol–water partition coefficient (Wildman–Crippen LogP) is 17.7. The molecule has 0 bridgehead atoms. The molecule has 10 aromatic rings. The Balaban J connectivity index is 1.14. The van der Waals surface area contributed by atoms with E-state index in [0.717, 1.165) is 24.2 Å². The van der Waals surface area contributed by atoms with Gasteiger partial charge in [-0.15, -0.1) is 0 Å². The highest BCUT2D eigenvalue weighted by Gasteiger charge is 2.36. The first kappa shape index (κ1) is 39.7. The van der Waals surface area contributed by atoms with Crippen molar-refractivity contribution in [2.75, 3.05) is 9.80 Å². The summed E-state index contributed by atoms with van der Waals surface area (Å²) in [7, 11) is 0. The molecule has 0 saturated carbocycles. The summed E-state index contributed by atoms with van der Waals surface area (Å²) in [4.78, 5) is 4.99. The van der Waals surface area contributed by atoms with Crippen LogP contribution in [0.1, 0.15) is 73.6 Å². The van der Waals surface area contributed by atoms with E-state index in [-0.39, 0.29) is 10.8 Å². The number of hydrogen-bond acceptors (Lipinski definition) is 2. The minimum Gasteiger partial charge on any atom is -0.310 e. The molecule has 0 amide bonds. The fourth-order valence-corrected chi connectivity index (χ4v) is 11.8. The first-order chi connectivity index (χ1) is 32.6. The first-order valence-corrected chi connectivity index (χ1v) is 23.9. The van der Waals surface area contributed by atoms with Crippen LogP contribution in [0, 0.1) is 0 Å². The van der Waals surface area contributed by atoms with Crippen molar-refractivity contribution in [3.8, 4) is 33.4 Å². The molecule has 0 atom stereocenters. The van der Waals surface area contributed by atoms with Crippen LogP contribution in [-0.4, -0.2) is 0 Å². The Labute approximate surface area is 394 Å². The number of anilines is 6. The molecule has 0 unspecified atom stereocenters. The van der Waals surface area contributed by atoms with Crippen LogP contribution in [0.4, 0.5) is 34.1 Å². The third-order valence-electron chi connectivity index (χ3n) is 15.2. The monoisotopic (exact) mass is 860 g/mol. The quantitative estimate of drug-likeness (QED) is 0.163. The lowest BCUT2D eigenvalue weighted by Crippen LogP contribution is -2.18. The highest BCUT2D eigenvalue weighted by Crippen LogP contribution is 2.54. The van der Waals surface area contributed by atoms with Crippen LogP contribution >= 0.6 is 0 Å². The molecule has 3 aliphatic rings. The zero-order valence-corrected chi connectivity index (χ0v) is 38.9. The van der Waals surface area contributed by atoms with Gasteiger partial charge in [0.2, 0.25) is 0 Å². The predicted molar refractivity (Wildman–Crippen MR) is 284 cm³/mol. The van der Waals surface area contributed by atoms with E-state index in [1.807, 2.05) is 0 Å². The van der Waals surface area contributed by atoms with Crippen LogP contribution < -0.4 is 9.80 Å². The van der Waals surface area contributed by atoms with Gasteiger partial charge in [-0.2, -0.15) is 0 Å². The lowest BCUT2D eigenvalue weighted by molar-refractivity contribution is 0.590. The average Bonchev–Trinajstić information content (AvgIpc) is 3.58. The fourth-order valence-electron chi connectivity index (χ4n) is 11.8. The Bertz CT molecular complexity index is 3570. The van der Waals surface area contributed by atoms with Gasteiger partial charge in [0.25, 0.3) is 0 Å². The van der Waals surface area contributed by atoms with Gasteiger partial charge in [0.05, 0.1) is 0 Å². The Morgan fingerprint density at radius 2 is 0.791 bits per heavy atom. The Hall–Kier alpha value is -7.68. The van der Waals surface area contributed by atoms with Crippen molar-refractivity contribution in [1.82, 2.24) is 0 Å². The second-order valence-electron chi connectivity index (χ2n) is 20.5. The number of benzene rings is 10. The van der Waals surface area contributed by atoms with Gasteiger partial charge in [-0.3, -0.25) is 0 Å². The second-order valence-corrected chi connectivity index (χ2v) is 20.5. The SMILES string of the molecule is CC(C)(C)c1ccc(-c2c3ccc(N4c5ccccc5Cc5ccccc54)cc3c(-c3ccc4c(c3)C(C)(C)c3ccccc3-4)c3ccc(N4c5ccccc5Cc5ccccc54)cc23)cc1. The number of rotatable bonds is 4. The van der Waals surface area contributed by atoms with Gasteiger partial charge in [-0.25, -0.2) is 0 Å². The molecule has 0 aromatic heterocycles. The third kappa shape index (κ3) is 6.09. The number of fused-ring (bicyclic) bond motifs is 9. The van der Waals surface area contributed by atoms with Crippen LogP contribution in [0.5, 0.6) is 0 Å². The van der Waals surface area contributed by atoms with Gasteiger partial charge >= 0.3 is 0 Å². The molecule has 2 heteroatoms. The summed E-state index contributed by atoms with van der Waals surface area (Å²) < 4.78 is 0. The largest absolute Gasteiger partial charge is 0.310 e. The van der Waals surface area contributed by atoms with E-state index in [1.54, 1.807) is 0 Å². The average molecular weight is 861 g/mol. The van der Waals surface area contributed by atoms with Crippen LogP contribution in [0.25, 0.3) is 54.9 Å². The molecule has 1 aliphatic carbocycles. The highest BCUT2D eigenvalue weighted by atomic mass is 15.2. The van der Waals surface area contributed by atoms with Crippen molar-refractivity contribution in [3.63, 3.8) is 0 Å². The van der Waals surface area contributed by atoms with Crippen molar-refractivity contribution >= 4 is 55.7 Å². The lowest BCUT2D eigenvalue weighted by Gasteiger charge is -2.34. The van der Waals surface area contributed by atoms with Crippen LogP contribution in [0.2, 0.25) is 0 Å². The summed E-state index contributed by atoms with van der Waals surface area (Å²) in [5, 5.41) is 4.98. The standard InChI is InChI=1S/C65H52N2/c1-64(2,3)47-29-26-41(27-30-47)62-52-34-31-49(67-60-24-14-8-18-44(60)37-45-19-9-15-25-61(45)67)40-55(52)63(46-28-33-51-50-20-10-11-21-56(50)65(4,5)57(51)38-46)53-35-32-48(39-54(53)62)66-58-22-12-6-16-42(58)36-43-17-7-13-23-59(43)66/h6-35,38-40H,36-37H2,1-5H3. The maximum atomic E-state index is 2.52. The second kappa shape index (κ2) is 14.7. The number of para-hydroxylation sites is 4. The first-order valence-electron chi connectivity index (χ1n) is 23.9. The molecule has 0 spiro atoms. The molecule has 0 N–H and O–H groups in total. The van der Waals surface area contributed by atoms with Crippen molar-refractivity contribution in [1.29, 1.82) is 0 Å². The maximum absolute atomic E-state index is 2.52. The minimum atomic E-state index is -0.142. The Morgan fingerprint density at radius 1 is 0.373 bits per heavy atom. The normalized spacial score (nSPS) is 14.3. The summed E-state index contributed by atoms with van der Waals surface area (Å²) in [5.41, 5.74) is 24.3. The molecule has 13 rings (SSSR count). The van der Waals surface area contributed by atoms with Crippen molar-refractivity contribution in [3.05, 3.63) is 239 Å². The number of nitrogens with zero attached hydrogens (tertiary/aromatic N) is 2. The van der Waals surface area contributed by atoms with E-state index in [4.69, 9.17) is 0 Å². The molecule has 2 nitrogen and oxygen atoms in total. The molecule has 67 heavy (non-hydrogen) atoms. The van der Waals surface area contributed by atoms with E-state index >= 15 is 0 Å². The van der Waals surface area contributed by atoms with Crippen molar-refractivity contribution in [2.24, 2.45) is 0 Å². The lowest BCUT2D eigenvalue weighted by atomic mass is 9.80. The molecule has 10 aromatic carbocycles. The van der Waals surface area contributed by atoms with Gasteiger partial charge in [0, 0.05) is 52.4 Å². The molecule has 322 valence electrons. The van der Waals surface area contributed by atoms with Crippen LogP contribution in [-0.2, 0) is 23.7 Å². The van der Waals surface area contributed by atoms with Crippen LogP contribution in [0.3, 0.4) is 0 Å². The van der Waals surface area contributed by atoms with Gasteiger partial charge in [-0.05, 0) is 154 Å². The zero-order chi connectivity index (χ0) is 45.2. The topological polar surface area (TPSA) is 6.48 Å². The highest BCUT2D eigenvalue weighted by molar-refractivity contribution is 6.23. The van der Waals surface area contributed by atoms with E-state index in [0.29, 0.717) is 0 Å². The van der Waals surface area contributed by atoms with Gasteiger partial charge in [0.1, 0.15) is 0 Å². The van der Waals surface area contributed by atoms with Crippen molar-refractivity contribution in [2.45, 2.75) is 58.3 Å². The summed E-state index contributed by atoms with van der Waals surface area (Å²) in [6.45, 7) is 11.7. The molecule has 0 fully saturated rings. The van der Waals surface area contributed by atoms with Crippen LogP contribution in [0.15, 0.2) is 200 Å². The van der Waals surface area contributed by atoms with Gasteiger partial charge in [0.15, 0.2) is 0 Å². The van der Waals surface area contributed by atoms with Gasteiger partial charge in [-0.1, -0.05) is 180 Å². The Kier molecular flexibility index (Phi) is 8.68. The van der Waals surface area contributed by atoms with E-state index in [2.05, 4.69) is 245 Å². The van der Waals surface area contributed by atoms with E-state index < -0.39 is 0 Å². The smallest absolute Gasteiger partial charge is 0.0497 e. The molecular formula is C65H52N2. The molecule has 0 saturated heterocycles. The number of hydrogen-bond donors (Lipinski definition) is 0. The third-order valence-corrected chi connectivity index (χ3v) is 15.2. The summed E-state index contributed by atoms with van der Waals surface area (Å²) >= 11 is 0. The zero-order valence-electron chi connectivity index (χ0n) is 38.9. The molecule has 2 heterocycles.